The number of carbonyl (C=O) groups excluding carboxylic acids is 2. The second kappa shape index (κ2) is 5.23. The van der Waals surface area contributed by atoms with E-state index in [1.54, 1.807) is 22.7 Å². The van der Waals surface area contributed by atoms with E-state index in [0.717, 1.165) is 15.5 Å². The van der Waals surface area contributed by atoms with E-state index in [1.165, 1.54) is 11.3 Å². The summed E-state index contributed by atoms with van der Waals surface area (Å²) in [4.78, 5) is 26.3. The largest absolute Gasteiger partial charge is 0.339 e. The van der Waals surface area contributed by atoms with Gasteiger partial charge in [0.2, 0.25) is 0 Å². The molecule has 0 saturated heterocycles. The highest BCUT2D eigenvalue weighted by molar-refractivity contribution is 8.01. The first-order chi connectivity index (χ1) is 8.17. The molecule has 0 spiro atoms. The molecule has 3 nitrogen and oxygen atoms in total. The van der Waals surface area contributed by atoms with Crippen molar-refractivity contribution in [3.63, 3.8) is 0 Å². The first kappa shape index (κ1) is 12.6. The number of fused-ring (bicyclic) bond motifs is 1. The maximum Gasteiger partial charge on any atom is 0.263 e. The summed E-state index contributed by atoms with van der Waals surface area (Å²) in [6.07, 6.45) is 0.591. The highest BCUT2D eigenvalue weighted by atomic mass is 32.2. The van der Waals surface area contributed by atoms with Crippen molar-refractivity contribution in [2.45, 2.75) is 24.5 Å². The van der Waals surface area contributed by atoms with Crippen molar-refractivity contribution < 1.29 is 9.59 Å². The zero-order valence-corrected chi connectivity index (χ0v) is 11.6. The van der Waals surface area contributed by atoms with E-state index in [-0.39, 0.29) is 11.7 Å². The fourth-order valence-corrected chi connectivity index (χ4v) is 4.25. The zero-order chi connectivity index (χ0) is 12.4. The van der Waals surface area contributed by atoms with Gasteiger partial charge >= 0.3 is 0 Å². The molecule has 0 bridgehead atoms. The standard InChI is InChI=1S/C12H15NO2S2/c1-3-13(4-2)11(15)10-7-8-9(14)5-6-16-12(8)17-10/h7H,3-6H2,1-2H3. The van der Waals surface area contributed by atoms with Crippen LogP contribution in [0.1, 0.15) is 40.3 Å². The van der Waals surface area contributed by atoms with Crippen molar-refractivity contribution in [1.82, 2.24) is 4.90 Å². The van der Waals surface area contributed by atoms with Gasteiger partial charge in [-0.25, -0.2) is 0 Å². The Morgan fingerprint density at radius 1 is 1.41 bits per heavy atom. The van der Waals surface area contributed by atoms with Gasteiger partial charge in [0.25, 0.3) is 5.91 Å². The number of nitrogens with zero attached hydrogens (tertiary/aromatic N) is 1. The maximum atomic E-state index is 12.1. The normalized spacial score (nSPS) is 14.6. The second-order valence-corrected chi connectivity index (χ2v) is 6.23. The van der Waals surface area contributed by atoms with Crippen molar-refractivity contribution in [1.29, 1.82) is 0 Å². The van der Waals surface area contributed by atoms with E-state index in [9.17, 15) is 9.59 Å². The monoisotopic (exact) mass is 269 g/mol. The molecule has 5 heteroatoms. The van der Waals surface area contributed by atoms with E-state index >= 15 is 0 Å². The molecule has 0 aliphatic carbocycles. The van der Waals surface area contributed by atoms with Crippen LogP contribution in [-0.2, 0) is 0 Å². The third-order valence-corrected chi connectivity index (χ3v) is 5.23. The molecule has 0 saturated carbocycles. The number of Topliss-reactive ketones (excluding diaryl/α,β-unsaturated/α-hetero) is 1. The van der Waals surface area contributed by atoms with Crippen LogP contribution in [0.2, 0.25) is 0 Å². The van der Waals surface area contributed by atoms with Gasteiger partial charge in [-0.2, -0.15) is 0 Å². The summed E-state index contributed by atoms with van der Waals surface area (Å²) in [6, 6.07) is 1.77. The Hall–Kier alpha value is -0.810. The Bertz CT molecular complexity index is 449. The van der Waals surface area contributed by atoms with Crippen LogP contribution >= 0.6 is 23.1 Å². The van der Waals surface area contributed by atoms with Crippen LogP contribution < -0.4 is 0 Å². The first-order valence-electron chi connectivity index (χ1n) is 5.76. The summed E-state index contributed by atoms with van der Waals surface area (Å²) in [6.45, 7) is 5.35. The number of carbonyl (C=O) groups is 2. The van der Waals surface area contributed by atoms with Crippen LogP contribution in [0.4, 0.5) is 0 Å². The molecular weight excluding hydrogens is 254 g/mol. The third kappa shape index (κ3) is 2.40. The van der Waals surface area contributed by atoms with Crippen LogP contribution in [0, 0.1) is 0 Å². The summed E-state index contributed by atoms with van der Waals surface area (Å²) >= 11 is 3.14. The number of rotatable bonds is 3. The zero-order valence-electron chi connectivity index (χ0n) is 9.99. The molecule has 92 valence electrons. The number of thioether (sulfide) groups is 1. The van der Waals surface area contributed by atoms with Crippen LogP contribution in [0.15, 0.2) is 10.3 Å². The molecule has 1 aromatic rings. The summed E-state index contributed by atoms with van der Waals surface area (Å²) in [7, 11) is 0. The van der Waals surface area contributed by atoms with Gasteiger partial charge in [0.15, 0.2) is 5.78 Å². The van der Waals surface area contributed by atoms with E-state index < -0.39 is 0 Å². The number of hydrogen-bond donors (Lipinski definition) is 0. The van der Waals surface area contributed by atoms with Crippen molar-refractivity contribution in [3.05, 3.63) is 16.5 Å². The lowest BCUT2D eigenvalue weighted by Gasteiger charge is -2.17. The maximum absolute atomic E-state index is 12.1. The lowest BCUT2D eigenvalue weighted by atomic mass is 10.1. The lowest BCUT2D eigenvalue weighted by Crippen LogP contribution is -2.29. The average molecular weight is 269 g/mol. The molecule has 0 fully saturated rings. The van der Waals surface area contributed by atoms with Crippen LogP contribution in [-0.4, -0.2) is 35.4 Å². The molecule has 1 aromatic heterocycles. The van der Waals surface area contributed by atoms with Gasteiger partial charge < -0.3 is 4.90 Å². The number of amides is 1. The molecule has 2 heterocycles. The number of hydrogen-bond acceptors (Lipinski definition) is 4. The Labute approximate surface area is 109 Å². The highest BCUT2D eigenvalue weighted by Gasteiger charge is 2.24. The van der Waals surface area contributed by atoms with Gasteiger partial charge in [0.05, 0.1) is 9.09 Å². The third-order valence-electron chi connectivity index (χ3n) is 2.82. The van der Waals surface area contributed by atoms with E-state index in [0.29, 0.717) is 24.4 Å². The Morgan fingerprint density at radius 3 is 2.71 bits per heavy atom. The molecule has 2 rings (SSSR count). The van der Waals surface area contributed by atoms with Crippen LogP contribution in [0.25, 0.3) is 0 Å². The van der Waals surface area contributed by atoms with Crippen molar-refractivity contribution in [2.75, 3.05) is 18.8 Å². The van der Waals surface area contributed by atoms with Gasteiger partial charge in [0.1, 0.15) is 0 Å². The van der Waals surface area contributed by atoms with E-state index in [2.05, 4.69) is 0 Å². The summed E-state index contributed by atoms with van der Waals surface area (Å²) in [5.74, 6) is 1.06. The Balaban J connectivity index is 2.28. The molecule has 0 atom stereocenters. The van der Waals surface area contributed by atoms with Crippen LogP contribution in [0.3, 0.4) is 0 Å². The van der Waals surface area contributed by atoms with E-state index in [1.807, 2.05) is 13.8 Å². The molecular formula is C12H15NO2S2. The average Bonchev–Trinajstić information content (AvgIpc) is 2.76. The summed E-state index contributed by atoms with van der Waals surface area (Å²) < 4.78 is 1.01. The predicted octanol–water partition coefficient (Wildman–Crippen LogP) is 2.91. The SMILES string of the molecule is CCN(CC)C(=O)c1cc2c(s1)SCCC2=O. The number of thiophene rings is 1. The molecule has 0 radical (unpaired) electrons. The van der Waals surface area contributed by atoms with Gasteiger partial charge in [-0.05, 0) is 19.9 Å². The lowest BCUT2D eigenvalue weighted by molar-refractivity contribution is 0.0778. The molecule has 0 unspecified atom stereocenters. The predicted molar refractivity (Wildman–Crippen MR) is 71.2 cm³/mol. The topological polar surface area (TPSA) is 37.4 Å². The van der Waals surface area contributed by atoms with Gasteiger partial charge in [0, 0.05) is 30.8 Å². The van der Waals surface area contributed by atoms with E-state index in [4.69, 9.17) is 0 Å². The minimum atomic E-state index is 0.0443. The van der Waals surface area contributed by atoms with Crippen molar-refractivity contribution in [3.8, 4) is 0 Å². The smallest absolute Gasteiger partial charge is 0.263 e. The van der Waals surface area contributed by atoms with Crippen molar-refractivity contribution >= 4 is 34.8 Å². The molecule has 1 aliphatic rings. The molecule has 0 N–H and O–H groups in total. The first-order valence-corrected chi connectivity index (χ1v) is 7.56. The Kier molecular flexibility index (Phi) is 3.89. The minimum Gasteiger partial charge on any atom is -0.339 e. The number of ketones is 1. The highest BCUT2D eigenvalue weighted by Crippen LogP contribution is 2.37. The van der Waals surface area contributed by atoms with Gasteiger partial charge in [-0.1, -0.05) is 0 Å². The Morgan fingerprint density at radius 2 is 2.12 bits per heavy atom. The second-order valence-electron chi connectivity index (χ2n) is 3.81. The molecule has 1 aliphatic heterocycles. The van der Waals surface area contributed by atoms with Gasteiger partial charge in [-0.15, -0.1) is 23.1 Å². The minimum absolute atomic E-state index is 0.0443. The quantitative estimate of drug-likeness (QED) is 0.846. The van der Waals surface area contributed by atoms with Crippen LogP contribution in [0.5, 0.6) is 0 Å². The molecule has 17 heavy (non-hydrogen) atoms. The molecule has 1 amide bonds. The fourth-order valence-electron chi connectivity index (χ4n) is 1.82. The summed E-state index contributed by atoms with van der Waals surface area (Å²) in [5, 5.41) is 0. The fraction of sp³-hybridized carbons (Fsp3) is 0.500. The van der Waals surface area contributed by atoms with Crippen molar-refractivity contribution in [2.24, 2.45) is 0 Å². The van der Waals surface area contributed by atoms with Gasteiger partial charge in [-0.3, -0.25) is 9.59 Å². The molecule has 0 aromatic carbocycles. The summed E-state index contributed by atoms with van der Waals surface area (Å²) in [5.41, 5.74) is 0.752.